The lowest BCUT2D eigenvalue weighted by atomic mass is 10.1. The third-order valence-corrected chi connectivity index (χ3v) is 4.33. The van der Waals surface area contributed by atoms with E-state index in [1.807, 2.05) is 30.3 Å². The van der Waals surface area contributed by atoms with Gasteiger partial charge in [0.2, 0.25) is 0 Å². The van der Waals surface area contributed by atoms with Crippen molar-refractivity contribution in [1.29, 1.82) is 5.26 Å². The summed E-state index contributed by atoms with van der Waals surface area (Å²) in [7, 11) is 0. The summed E-state index contributed by atoms with van der Waals surface area (Å²) in [4.78, 5) is 16.6. The number of aromatic nitrogens is 1. The first-order valence-electron chi connectivity index (χ1n) is 7.39. The predicted molar refractivity (Wildman–Crippen MR) is 92.6 cm³/mol. The van der Waals surface area contributed by atoms with E-state index < -0.39 is 18.1 Å². The number of hydrogen-bond donors (Lipinski definition) is 2. The van der Waals surface area contributed by atoms with Gasteiger partial charge in [-0.05, 0) is 45.3 Å². The Labute approximate surface area is 147 Å². The lowest BCUT2D eigenvalue weighted by Crippen LogP contribution is -2.34. The minimum Gasteiger partial charge on any atom is -0.390 e. The van der Waals surface area contributed by atoms with E-state index in [1.165, 1.54) is 6.08 Å². The standard InChI is InChI=1S/C18H14BrN3O2/c19-16-7-3-5-13(21-16)8-12(10-20)18(24)22-17-14-6-2-1-4-11(14)9-15(17)23/h1-8,15,17,23H,9H2,(H,22,24)/t15-,17+/m0/s1. The molecule has 2 atom stereocenters. The fourth-order valence-electron chi connectivity index (χ4n) is 2.77. The maximum absolute atomic E-state index is 12.4. The molecule has 2 N–H and O–H groups in total. The van der Waals surface area contributed by atoms with Crippen LogP contribution < -0.4 is 5.32 Å². The van der Waals surface area contributed by atoms with Crippen molar-refractivity contribution in [2.24, 2.45) is 0 Å². The first kappa shape index (κ1) is 16.4. The molecule has 0 saturated heterocycles. The van der Waals surface area contributed by atoms with Gasteiger partial charge in [0.1, 0.15) is 16.2 Å². The molecular weight excluding hydrogens is 370 g/mol. The number of carbonyl (C=O) groups excluding carboxylic acids is 1. The van der Waals surface area contributed by atoms with Gasteiger partial charge in [-0.15, -0.1) is 0 Å². The predicted octanol–water partition coefficient (Wildman–Crippen LogP) is 2.53. The quantitative estimate of drug-likeness (QED) is 0.484. The van der Waals surface area contributed by atoms with Crippen molar-refractivity contribution in [3.8, 4) is 6.07 Å². The van der Waals surface area contributed by atoms with Gasteiger partial charge in [-0.25, -0.2) is 4.98 Å². The Morgan fingerprint density at radius 1 is 1.33 bits per heavy atom. The highest BCUT2D eigenvalue weighted by Gasteiger charge is 2.32. The van der Waals surface area contributed by atoms with Crippen molar-refractivity contribution < 1.29 is 9.90 Å². The van der Waals surface area contributed by atoms with Crippen molar-refractivity contribution in [3.63, 3.8) is 0 Å². The molecule has 5 nitrogen and oxygen atoms in total. The van der Waals surface area contributed by atoms with Gasteiger partial charge in [-0.3, -0.25) is 4.79 Å². The van der Waals surface area contributed by atoms with Crippen LogP contribution in [0.2, 0.25) is 0 Å². The van der Waals surface area contributed by atoms with E-state index in [0.717, 1.165) is 11.1 Å². The Kier molecular flexibility index (Phi) is 4.74. The van der Waals surface area contributed by atoms with Crippen LogP contribution in [-0.4, -0.2) is 22.1 Å². The molecule has 1 aliphatic carbocycles. The van der Waals surface area contributed by atoms with Crippen molar-refractivity contribution in [3.05, 3.63) is 69.5 Å². The SMILES string of the molecule is N#CC(=Cc1cccc(Br)n1)C(=O)N[C@@H]1c2ccccc2C[C@@H]1O. The number of nitrogens with zero attached hydrogens (tertiary/aromatic N) is 2. The monoisotopic (exact) mass is 383 g/mol. The first-order chi connectivity index (χ1) is 11.6. The highest BCUT2D eigenvalue weighted by atomic mass is 79.9. The van der Waals surface area contributed by atoms with Gasteiger partial charge in [0.25, 0.3) is 5.91 Å². The first-order valence-corrected chi connectivity index (χ1v) is 8.19. The van der Waals surface area contributed by atoms with Gasteiger partial charge in [0, 0.05) is 6.42 Å². The molecule has 6 heteroatoms. The molecule has 2 aromatic rings. The number of aliphatic hydroxyl groups excluding tert-OH is 1. The van der Waals surface area contributed by atoms with Crippen LogP contribution in [0.5, 0.6) is 0 Å². The third kappa shape index (κ3) is 3.37. The highest BCUT2D eigenvalue weighted by Crippen LogP contribution is 2.31. The maximum Gasteiger partial charge on any atom is 0.262 e. The van der Waals surface area contributed by atoms with E-state index in [9.17, 15) is 15.2 Å². The number of benzene rings is 1. The molecule has 0 aliphatic heterocycles. The Hall–Kier alpha value is -2.49. The normalized spacial score (nSPS) is 19.5. The molecule has 1 aliphatic rings. The Morgan fingerprint density at radius 3 is 2.88 bits per heavy atom. The Balaban J connectivity index is 1.82. The largest absolute Gasteiger partial charge is 0.390 e. The van der Waals surface area contributed by atoms with Crippen molar-refractivity contribution in [1.82, 2.24) is 10.3 Å². The fourth-order valence-corrected chi connectivity index (χ4v) is 3.13. The number of nitriles is 1. The lowest BCUT2D eigenvalue weighted by molar-refractivity contribution is -0.118. The molecule has 1 aromatic carbocycles. The molecule has 1 aromatic heterocycles. The summed E-state index contributed by atoms with van der Waals surface area (Å²) in [5.74, 6) is -0.528. The number of aliphatic hydroxyl groups is 1. The summed E-state index contributed by atoms with van der Waals surface area (Å²) in [5, 5.41) is 22.2. The second kappa shape index (κ2) is 6.95. The minimum atomic E-state index is -0.699. The Morgan fingerprint density at radius 2 is 2.12 bits per heavy atom. The molecule has 1 heterocycles. The van der Waals surface area contributed by atoms with Crippen molar-refractivity contribution in [2.45, 2.75) is 18.6 Å². The summed E-state index contributed by atoms with van der Waals surface area (Å²) in [6.45, 7) is 0. The molecule has 3 rings (SSSR count). The highest BCUT2D eigenvalue weighted by molar-refractivity contribution is 9.10. The topological polar surface area (TPSA) is 86.0 Å². The van der Waals surface area contributed by atoms with E-state index in [1.54, 1.807) is 18.2 Å². The fraction of sp³-hybridized carbons (Fsp3) is 0.167. The molecule has 1 amide bonds. The van der Waals surface area contributed by atoms with Crippen molar-refractivity contribution in [2.75, 3.05) is 0 Å². The van der Waals surface area contributed by atoms with Gasteiger partial charge in [0.15, 0.2) is 0 Å². The summed E-state index contributed by atoms with van der Waals surface area (Å²) < 4.78 is 0.620. The third-order valence-electron chi connectivity index (χ3n) is 3.88. The summed E-state index contributed by atoms with van der Waals surface area (Å²) in [6.07, 6.45) is 1.21. The number of carbonyl (C=O) groups is 1. The molecule has 0 fully saturated rings. The lowest BCUT2D eigenvalue weighted by Gasteiger charge is -2.17. The van der Waals surface area contributed by atoms with E-state index in [4.69, 9.17) is 0 Å². The van der Waals surface area contributed by atoms with Gasteiger partial charge < -0.3 is 10.4 Å². The van der Waals surface area contributed by atoms with Crippen LogP contribution in [0.1, 0.15) is 22.9 Å². The van der Waals surface area contributed by atoms with Crippen LogP contribution in [0, 0.1) is 11.3 Å². The number of nitrogens with one attached hydrogen (secondary N) is 1. The summed E-state index contributed by atoms with van der Waals surface area (Å²) in [5.41, 5.74) is 2.34. The molecule has 0 radical (unpaired) electrons. The van der Waals surface area contributed by atoms with Crippen molar-refractivity contribution >= 4 is 27.9 Å². The zero-order valence-electron chi connectivity index (χ0n) is 12.6. The molecular formula is C18H14BrN3O2. The second-order valence-electron chi connectivity index (χ2n) is 5.48. The van der Waals surface area contributed by atoms with Crippen LogP contribution in [0.15, 0.2) is 52.6 Å². The smallest absolute Gasteiger partial charge is 0.262 e. The molecule has 0 spiro atoms. The average Bonchev–Trinajstić information content (AvgIpc) is 2.88. The molecule has 24 heavy (non-hydrogen) atoms. The van der Waals surface area contributed by atoms with Crippen LogP contribution in [0.3, 0.4) is 0 Å². The number of hydrogen-bond acceptors (Lipinski definition) is 4. The second-order valence-corrected chi connectivity index (χ2v) is 6.29. The molecule has 0 bridgehead atoms. The van der Waals surface area contributed by atoms with Crippen LogP contribution in [-0.2, 0) is 11.2 Å². The number of halogens is 1. The molecule has 0 saturated carbocycles. The zero-order valence-corrected chi connectivity index (χ0v) is 14.2. The minimum absolute atomic E-state index is 0.0582. The summed E-state index contributed by atoms with van der Waals surface area (Å²) in [6, 6.07) is 14.2. The maximum atomic E-state index is 12.4. The van der Waals surface area contributed by atoms with Gasteiger partial charge in [0.05, 0.1) is 17.8 Å². The number of rotatable bonds is 3. The van der Waals surface area contributed by atoms with E-state index >= 15 is 0 Å². The van der Waals surface area contributed by atoms with E-state index in [0.29, 0.717) is 16.7 Å². The van der Waals surface area contributed by atoms with Gasteiger partial charge in [-0.2, -0.15) is 5.26 Å². The molecule has 120 valence electrons. The number of fused-ring (bicyclic) bond motifs is 1. The number of amides is 1. The average molecular weight is 384 g/mol. The van der Waals surface area contributed by atoms with Crippen LogP contribution in [0.4, 0.5) is 0 Å². The van der Waals surface area contributed by atoms with Crippen LogP contribution >= 0.6 is 15.9 Å². The molecule has 0 unspecified atom stereocenters. The number of pyridine rings is 1. The van der Waals surface area contributed by atoms with Crippen LogP contribution in [0.25, 0.3) is 6.08 Å². The Bertz CT molecular complexity index is 857. The van der Waals surface area contributed by atoms with E-state index in [-0.39, 0.29) is 5.57 Å². The summed E-state index contributed by atoms with van der Waals surface area (Å²) >= 11 is 3.25. The van der Waals surface area contributed by atoms with Gasteiger partial charge in [-0.1, -0.05) is 30.3 Å². The van der Waals surface area contributed by atoms with E-state index in [2.05, 4.69) is 26.2 Å². The van der Waals surface area contributed by atoms with Gasteiger partial charge >= 0.3 is 0 Å². The zero-order chi connectivity index (χ0) is 17.1.